The van der Waals surface area contributed by atoms with Crippen LogP contribution in [0.1, 0.15) is 26.3 Å². The molecule has 0 unspecified atom stereocenters. The Balaban J connectivity index is 2.40. The van der Waals surface area contributed by atoms with Gasteiger partial charge in [0.1, 0.15) is 11.3 Å². The minimum absolute atomic E-state index is 0.165. The maximum atomic E-state index is 12.2. The van der Waals surface area contributed by atoms with Gasteiger partial charge in [0.15, 0.2) is 5.78 Å². The highest BCUT2D eigenvalue weighted by atomic mass is 16.7. The Morgan fingerprint density at radius 1 is 0.952 bits per heavy atom. The van der Waals surface area contributed by atoms with E-state index in [1.165, 1.54) is 12.1 Å². The molecule has 3 N–H and O–H groups in total. The number of aliphatic hydroxyl groups is 2. The molecule has 108 valence electrons. The summed E-state index contributed by atoms with van der Waals surface area (Å²) in [6.07, 6.45) is 0. The molecule has 0 aliphatic rings. The van der Waals surface area contributed by atoms with E-state index in [2.05, 4.69) is 4.74 Å². The summed E-state index contributed by atoms with van der Waals surface area (Å²) in [7, 11) is 0. The van der Waals surface area contributed by atoms with Crippen LogP contribution in [0.15, 0.2) is 48.5 Å². The molecule has 0 spiro atoms. The summed E-state index contributed by atoms with van der Waals surface area (Å²) in [6.45, 7) is -2.14. The summed E-state index contributed by atoms with van der Waals surface area (Å²) in [5.74, 6) is -1.91. The molecule has 0 fully saturated rings. The maximum absolute atomic E-state index is 12.2. The number of benzene rings is 2. The molecule has 0 heterocycles. The van der Waals surface area contributed by atoms with Crippen molar-refractivity contribution in [3.63, 3.8) is 0 Å². The predicted molar refractivity (Wildman–Crippen MR) is 72.1 cm³/mol. The maximum Gasteiger partial charge on any atom is 0.339 e. The molecule has 0 aliphatic heterocycles. The number of rotatable bonds is 5. The molecule has 21 heavy (non-hydrogen) atoms. The standard InChI is InChI=1S/C15H12O6/c16-13(9-4-2-1-3-5-9)10-6-7-12(21-15(19)20)11(8-10)14(17)18/h1-8,15,19-20H,(H,17,18). The van der Waals surface area contributed by atoms with Crippen LogP contribution >= 0.6 is 0 Å². The van der Waals surface area contributed by atoms with Crippen LogP contribution in [0.4, 0.5) is 0 Å². The predicted octanol–water partition coefficient (Wildman–Crippen LogP) is 1.26. The second-order valence-corrected chi connectivity index (χ2v) is 4.16. The largest absolute Gasteiger partial charge is 0.478 e. The van der Waals surface area contributed by atoms with Gasteiger partial charge in [0.2, 0.25) is 0 Å². The van der Waals surface area contributed by atoms with E-state index in [-0.39, 0.29) is 22.7 Å². The Kier molecular flexibility index (Phi) is 4.32. The summed E-state index contributed by atoms with van der Waals surface area (Å²) in [4.78, 5) is 23.4. The van der Waals surface area contributed by atoms with Crippen LogP contribution in [0, 0.1) is 0 Å². The molecule has 0 saturated carbocycles. The number of carboxylic acids is 1. The SMILES string of the molecule is O=C(c1ccccc1)c1ccc(OC(O)O)c(C(=O)O)c1. The highest BCUT2D eigenvalue weighted by Crippen LogP contribution is 2.22. The summed E-state index contributed by atoms with van der Waals surface area (Å²) in [5, 5.41) is 26.6. The lowest BCUT2D eigenvalue weighted by Crippen LogP contribution is -2.16. The third-order valence-corrected chi connectivity index (χ3v) is 2.74. The fraction of sp³-hybridized carbons (Fsp3) is 0.0667. The number of hydrogen-bond acceptors (Lipinski definition) is 5. The lowest BCUT2D eigenvalue weighted by Gasteiger charge is -2.11. The molecule has 6 heteroatoms. The summed E-state index contributed by atoms with van der Waals surface area (Å²) in [6, 6.07) is 12.1. The van der Waals surface area contributed by atoms with Crippen molar-refractivity contribution in [3.8, 4) is 5.75 Å². The van der Waals surface area contributed by atoms with Gasteiger partial charge in [-0.25, -0.2) is 4.79 Å². The Morgan fingerprint density at radius 3 is 2.19 bits per heavy atom. The number of ketones is 1. The number of aromatic carboxylic acids is 1. The molecular formula is C15H12O6. The Labute approximate surface area is 119 Å². The van der Waals surface area contributed by atoms with E-state index in [0.29, 0.717) is 5.56 Å². The van der Waals surface area contributed by atoms with Crippen molar-refractivity contribution in [2.75, 3.05) is 0 Å². The first-order valence-electron chi connectivity index (χ1n) is 5.99. The Bertz CT molecular complexity index is 663. The van der Waals surface area contributed by atoms with E-state index >= 15 is 0 Å². The van der Waals surface area contributed by atoms with Gasteiger partial charge in [-0.2, -0.15) is 0 Å². The molecule has 2 aromatic rings. The van der Waals surface area contributed by atoms with Crippen molar-refractivity contribution >= 4 is 11.8 Å². The minimum atomic E-state index is -2.14. The summed E-state index contributed by atoms with van der Waals surface area (Å²) >= 11 is 0. The zero-order valence-corrected chi connectivity index (χ0v) is 10.8. The Hall–Kier alpha value is -2.70. The van der Waals surface area contributed by atoms with Crippen LogP contribution < -0.4 is 4.74 Å². The van der Waals surface area contributed by atoms with Gasteiger partial charge in [0.05, 0.1) is 0 Å². The second-order valence-electron chi connectivity index (χ2n) is 4.16. The summed E-state index contributed by atoms with van der Waals surface area (Å²) in [5.41, 5.74) is 0.257. The average molecular weight is 288 g/mol. The van der Waals surface area contributed by atoms with Gasteiger partial charge >= 0.3 is 12.4 Å². The molecule has 2 rings (SSSR count). The van der Waals surface area contributed by atoms with Gasteiger partial charge in [0, 0.05) is 11.1 Å². The smallest absolute Gasteiger partial charge is 0.339 e. The second kappa shape index (κ2) is 6.17. The number of carboxylic acid groups (broad SMARTS) is 1. The number of carbonyl (C=O) groups excluding carboxylic acids is 1. The monoisotopic (exact) mass is 288 g/mol. The van der Waals surface area contributed by atoms with E-state index in [1.54, 1.807) is 30.3 Å². The highest BCUT2D eigenvalue weighted by molar-refractivity contribution is 6.10. The molecule has 0 saturated heterocycles. The third-order valence-electron chi connectivity index (χ3n) is 2.74. The quantitative estimate of drug-likeness (QED) is 0.565. The van der Waals surface area contributed by atoms with Crippen molar-refractivity contribution in [1.82, 2.24) is 0 Å². The van der Waals surface area contributed by atoms with E-state index in [9.17, 15) is 9.59 Å². The highest BCUT2D eigenvalue weighted by Gasteiger charge is 2.17. The van der Waals surface area contributed by atoms with Crippen molar-refractivity contribution in [2.24, 2.45) is 0 Å². The van der Waals surface area contributed by atoms with Gasteiger partial charge < -0.3 is 20.1 Å². The number of hydrogen-bond donors (Lipinski definition) is 3. The average Bonchev–Trinajstić information content (AvgIpc) is 2.47. The zero-order chi connectivity index (χ0) is 15.4. The van der Waals surface area contributed by atoms with E-state index in [1.807, 2.05) is 0 Å². The summed E-state index contributed by atoms with van der Waals surface area (Å²) < 4.78 is 4.57. The molecule has 0 radical (unpaired) electrons. The van der Waals surface area contributed by atoms with Crippen molar-refractivity contribution in [3.05, 3.63) is 65.2 Å². The molecule has 0 aliphatic carbocycles. The molecular weight excluding hydrogens is 276 g/mol. The van der Waals surface area contributed by atoms with Gasteiger partial charge in [-0.1, -0.05) is 30.3 Å². The van der Waals surface area contributed by atoms with Gasteiger partial charge in [-0.05, 0) is 18.2 Å². The number of carbonyl (C=O) groups is 2. The van der Waals surface area contributed by atoms with E-state index in [4.69, 9.17) is 15.3 Å². The molecule has 0 bridgehead atoms. The first-order valence-corrected chi connectivity index (χ1v) is 5.99. The van der Waals surface area contributed by atoms with Crippen molar-refractivity contribution in [1.29, 1.82) is 0 Å². The van der Waals surface area contributed by atoms with Crippen molar-refractivity contribution in [2.45, 2.75) is 6.48 Å². The lowest BCUT2D eigenvalue weighted by atomic mass is 10.0. The van der Waals surface area contributed by atoms with E-state index in [0.717, 1.165) is 6.07 Å². The fourth-order valence-electron chi connectivity index (χ4n) is 1.81. The number of ether oxygens (including phenoxy) is 1. The van der Waals surface area contributed by atoms with Crippen LogP contribution in [-0.2, 0) is 0 Å². The zero-order valence-electron chi connectivity index (χ0n) is 10.8. The first kappa shape index (κ1) is 14.7. The Morgan fingerprint density at radius 2 is 1.62 bits per heavy atom. The van der Waals surface area contributed by atoms with Crippen LogP contribution in [-0.4, -0.2) is 33.5 Å². The van der Waals surface area contributed by atoms with Crippen LogP contribution in [0.25, 0.3) is 0 Å². The van der Waals surface area contributed by atoms with Crippen molar-refractivity contribution < 1.29 is 29.6 Å². The van der Waals surface area contributed by atoms with Gasteiger partial charge in [-0.15, -0.1) is 0 Å². The topological polar surface area (TPSA) is 104 Å². The third kappa shape index (κ3) is 3.44. The first-order chi connectivity index (χ1) is 9.99. The minimum Gasteiger partial charge on any atom is -0.478 e. The van der Waals surface area contributed by atoms with Gasteiger partial charge in [-0.3, -0.25) is 4.79 Å². The fourth-order valence-corrected chi connectivity index (χ4v) is 1.81. The molecule has 6 nitrogen and oxygen atoms in total. The van der Waals surface area contributed by atoms with E-state index < -0.39 is 12.4 Å². The normalized spacial score (nSPS) is 10.4. The molecule has 0 amide bonds. The van der Waals surface area contributed by atoms with Gasteiger partial charge in [0.25, 0.3) is 0 Å². The number of aliphatic hydroxyl groups excluding tert-OH is 1. The molecule has 0 atom stereocenters. The van der Waals surface area contributed by atoms with Crippen LogP contribution in [0.3, 0.4) is 0 Å². The van der Waals surface area contributed by atoms with Crippen LogP contribution in [0.5, 0.6) is 5.75 Å². The lowest BCUT2D eigenvalue weighted by molar-refractivity contribution is -0.179. The van der Waals surface area contributed by atoms with Crippen LogP contribution in [0.2, 0.25) is 0 Å². The molecule has 0 aromatic heterocycles. The molecule has 2 aromatic carbocycles.